The molecule has 78 valence electrons. The van der Waals surface area contributed by atoms with E-state index < -0.39 is 0 Å². The third-order valence-electron chi connectivity index (χ3n) is 1.58. The van der Waals surface area contributed by atoms with E-state index in [4.69, 9.17) is 5.26 Å². The highest BCUT2D eigenvalue weighted by Gasteiger charge is 2.03. The number of nitrogens with one attached hydrogen (secondary N) is 1. The Kier molecular flexibility index (Phi) is 2.93. The molecule has 0 bridgehead atoms. The lowest BCUT2D eigenvalue weighted by Gasteiger charge is -1.97. The molecule has 0 aromatic carbocycles. The smallest absolute Gasteiger partial charge is 0.251 e. The van der Waals surface area contributed by atoms with Gasteiger partial charge in [0, 0.05) is 18.5 Å². The van der Waals surface area contributed by atoms with E-state index in [0.29, 0.717) is 10.3 Å². The molecule has 0 radical (unpaired) electrons. The Labute approximate surface area is 94.4 Å². The first-order valence-electron chi connectivity index (χ1n) is 4.24. The Morgan fingerprint density at radius 2 is 2.12 bits per heavy atom. The van der Waals surface area contributed by atoms with Crippen molar-refractivity contribution in [2.75, 3.05) is 0 Å². The summed E-state index contributed by atoms with van der Waals surface area (Å²) in [5.41, 5.74) is 0.0321. The van der Waals surface area contributed by atoms with Crippen molar-refractivity contribution in [3.63, 3.8) is 0 Å². The van der Waals surface area contributed by atoms with Crippen molar-refractivity contribution in [3.8, 4) is 6.07 Å². The molecule has 0 saturated carbocycles. The van der Waals surface area contributed by atoms with Gasteiger partial charge in [-0.15, -0.1) is 0 Å². The van der Waals surface area contributed by atoms with Crippen molar-refractivity contribution in [1.29, 1.82) is 5.26 Å². The maximum Gasteiger partial charge on any atom is 0.251 e. The predicted octanol–water partition coefficient (Wildman–Crippen LogP) is 0.583. The minimum absolute atomic E-state index is 0.242. The minimum Gasteiger partial charge on any atom is -0.301 e. The molecule has 0 aliphatic heterocycles. The highest BCUT2D eigenvalue weighted by molar-refractivity contribution is 7.99. The number of nitriles is 1. The third-order valence-corrected chi connectivity index (χ3v) is 2.36. The molecule has 0 unspecified atom stereocenters. The van der Waals surface area contributed by atoms with Crippen molar-refractivity contribution in [2.24, 2.45) is 0 Å². The van der Waals surface area contributed by atoms with Gasteiger partial charge in [-0.25, -0.2) is 15.0 Å². The van der Waals surface area contributed by atoms with E-state index in [2.05, 4.69) is 19.9 Å². The molecule has 0 saturated heterocycles. The van der Waals surface area contributed by atoms with Crippen molar-refractivity contribution < 1.29 is 0 Å². The quantitative estimate of drug-likeness (QED) is 0.759. The van der Waals surface area contributed by atoms with Gasteiger partial charge in [-0.3, -0.25) is 4.79 Å². The molecular weight excluding hydrogens is 226 g/mol. The highest BCUT2D eigenvalue weighted by Crippen LogP contribution is 2.18. The molecule has 0 fully saturated rings. The van der Waals surface area contributed by atoms with Gasteiger partial charge in [-0.1, -0.05) is 0 Å². The first-order chi connectivity index (χ1) is 7.78. The van der Waals surface area contributed by atoms with E-state index in [0.717, 1.165) is 11.8 Å². The molecular formula is C9H5N5OS. The van der Waals surface area contributed by atoms with Crippen molar-refractivity contribution in [2.45, 2.75) is 10.3 Å². The average Bonchev–Trinajstić information content (AvgIpc) is 2.29. The topological polar surface area (TPSA) is 95.3 Å². The molecule has 0 amide bonds. The number of hydrogen-bond donors (Lipinski definition) is 1. The highest BCUT2D eigenvalue weighted by atomic mass is 32.2. The van der Waals surface area contributed by atoms with Crippen LogP contribution in [-0.4, -0.2) is 19.9 Å². The van der Waals surface area contributed by atoms with Crippen LogP contribution in [-0.2, 0) is 0 Å². The number of aromatic amines is 1. The molecule has 2 aromatic heterocycles. The SMILES string of the molecule is N#Cc1ccnc(Sc2nccc(=O)[nH]2)n1. The number of aromatic nitrogens is 4. The van der Waals surface area contributed by atoms with E-state index in [1.54, 1.807) is 0 Å². The molecule has 16 heavy (non-hydrogen) atoms. The first kappa shape index (κ1) is 10.3. The van der Waals surface area contributed by atoms with Crippen LogP contribution >= 0.6 is 11.8 Å². The first-order valence-corrected chi connectivity index (χ1v) is 5.06. The van der Waals surface area contributed by atoms with E-state index in [-0.39, 0.29) is 11.3 Å². The van der Waals surface area contributed by atoms with Crippen LogP contribution in [0.3, 0.4) is 0 Å². The molecule has 2 rings (SSSR count). The van der Waals surface area contributed by atoms with Gasteiger partial charge in [-0.05, 0) is 17.8 Å². The molecule has 0 aliphatic rings. The lowest BCUT2D eigenvalue weighted by Crippen LogP contribution is -2.05. The van der Waals surface area contributed by atoms with Crippen LogP contribution in [0.1, 0.15) is 5.69 Å². The number of H-pyrrole nitrogens is 1. The zero-order chi connectivity index (χ0) is 11.4. The molecule has 7 heteroatoms. The van der Waals surface area contributed by atoms with Crippen LogP contribution in [0.4, 0.5) is 0 Å². The summed E-state index contributed by atoms with van der Waals surface area (Å²) in [5, 5.41) is 9.41. The van der Waals surface area contributed by atoms with Gasteiger partial charge in [0.1, 0.15) is 11.8 Å². The van der Waals surface area contributed by atoms with Gasteiger partial charge >= 0.3 is 0 Å². The summed E-state index contributed by atoms with van der Waals surface area (Å²) in [5.74, 6) is 0. The normalized spacial score (nSPS) is 9.69. The fraction of sp³-hybridized carbons (Fsp3) is 0. The summed E-state index contributed by atoms with van der Waals surface area (Å²) >= 11 is 1.09. The Morgan fingerprint density at radius 3 is 2.88 bits per heavy atom. The van der Waals surface area contributed by atoms with E-state index >= 15 is 0 Å². The summed E-state index contributed by atoms with van der Waals surface area (Å²) < 4.78 is 0. The second-order valence-corrected chi connectivity index (χ2v) is 3.63. The van der Waals surface area contributed by atoms with Crippen LogP contribution in [0.15, 0.2) is 39.6 Å². The average molecular weight is 231 g/mol. The number of hydrogen-bond acceptors (Lipinski definition) is 6. The molecule has 0 spiro atoms. The second-order valence-electron chi connectivity index (χ2n) is 2.68. The molecule has 0 atom stereocenters. The summed E-state index contributed by atoms with van der Waals surface area (Å²) in [6.07, 6.45) is 2.88. The Hall–Kier alpha value is -2.20. The Balaban J connectivity index is 2.27. The van der Waals surface area contributed by atoms with Crippen LogP contribution in [0.25, 0.3) is 0 Å². The third kappa shape index (κ3) is 2.43. The van der Waals surface area contributed by atoms with E-state index in [1.807, 2.05) is 6.07 Å². The predicted molar refractivity (Wildman–Crippen MR) is 55.7 cm³/mol. The monoisotopic (exact) mass is 231 g/mol. The van der Waals surface area contributed by atoms with Gasteiger partial charge < -0.3 is 4.98 Å². The van der Waals surface area contributed by atoms with Crippen molar-refractivity contribution in [3.05, 3.63) is 40.6 Å². The zero-order valence-corrected chi connectivity index (χ0v) is 8.73. The van der Waals surface area contributed by atoms with Gasteiger partial charge in [0.15, 0.2) is 10.3 Å². The molecule has 2 aromatic rings. The van der Waals surface area contributed by atoms with Crippen LogP contribution in [0, 0.1) is 11.3 Å². The van der Waals surface area contributed by atoms with Crippen LogP contribution in [0.5, 0.6) is 0 Å². The van der Waals surface area contributed by atoms with Crippen molar-refractivity contribution >= 4 is 11.8 Å². The summed E-state index contributed by atoms with van der Waals surface area (Å²) in [7, 11) is 0. The molecule has 1 N–H and O–H groups in total. The van der Waals surface area contributed by atoms with Gasteiger partial charge in [0.25, 0.3) is 5.56 Å². The molecule has 6 nitrogen and oxygen atoms in total. The molecule has 2 heterocycles. The maximum absolute atomic E-state index is 11.0. The summed E-state index contributed by atoms with van der Waals surface area (Å²) in [6, 6.07) is 4.73. The van der Waals surface area contributed by atoms with Crippen LogP contribution < -0.4 is 5.56 Å². The Bertz CT molecular complexity index is 603. The lowest BCUT2D eigenvalue weighted by atomic mass is 10.5. The Morgan fingerprint density at radius 1 is 1.31 bits per heavy atom. The lowest BCUT2D eigenvalue weighted by molar-refractivity contribution is 0.905. The molecule has 0 aliphatic carbocycles. The number of nitrogens with zero attached hydrogens (tertiary/aromatic N) is 4. The largest absolute Gasteiger partial charge is 0.301 e. The number of rotatable bonds is 2. The van der Waals surface area contributed by atoms with Gasteiger partial charge in [-0.2, -0.15) is 5.26 Å². The summed E-state index contributed by atoms with van der Waals surface area (Å²) in [4.78, 5) is 25.4. The minimum atomic E-state index is -0.242. The van der Waals surface area contributed by atoms with E-state index in [1.165, 1.54) is 24.5 Å². The van der Waals surface area contributed by atoms with Gasteiger partial charge in [0.05, 0.1) is 0 Å². The fourth-order valence-corrected chi connectivity index (χ4v) is 1.64. The second kappa shape index (κ2) is 4.55. The summed E-state index contributed by atoms with van der Waals surface area (Å²) in [6.45, 7) is 0. The standard InChI is InChI=1S/C9H5N5OS/c10-5-6-1-3-11-8(13-6)16-9-12-4-2-7(15)14-9/h1-4H,(H,12,14,15). The maximum atomic E-state index is 11.0. The zero-order valence-electron chi connectivity index (χ0n) is 7.91. The van der Waals surface area contributed by atoms with E-state index in [9.17, 15) is 4.79 Å². The van der Waals surface area contributed by atoms with Gasteiger partial charge in [0.2, 0.25) is 0 Å². The fourth-order valence-electron chi connectivity index (χ4n) is 0.943. The van der Waals surface area contributed by atoms with Crippen molar-refractivity contribution in [1.82, 2.24) is 19.9 Å². The van der Waals surface area contributed by atoms with Crippen LogP contribution in [0.2, 0.25) is 0 Å².